The van der Waals surface area contributed by atoms with Crippen molar-refractivity contribution in [2.24, 2.45) is 0 Å². The van der Waals surface area contributed by atoms with Gasteiger partial charge in [0, 0.05) is 17.5 Å². The van der Waals surface area contributed by atoms with E-state index in [4.69, 9.17) is 4.52 Å². The van der Waals surface area contributed by atoms with Crippen LogP contribution in [0.5, 0.6) is 0 Å². The molecule has 6 heteroatoms. The number of anilines is 2. The molecule has 0 radical (unpaired) electrons. The summed E-state index contributed by atoms with van der Waals surface area (Å²) in [5, 5.41) is 9.09. The van der Waals surface area contributed by atoms with Crippen molar-refractivity contribution in [2.75, 3.05) is 10.6 Å². The Balaban J connectivity index is 1.57. The first-order valence-electron chi connectivity index (χ1n) is 7.98. The number of nitrogens with zero attached hydrogens (tertiary/aromatic N) is 1. The Hall–Kier alpha value is -3.67. The van der Waals surface area contributed by atoms with Crippen LogP contribution in [0.2, 0.25) is 0 Å². The van der Waals surface area contributed by atoms with Gasteiger partial charge in [0.2, 0.25) is 5.91 Å². The van der Waals surface area contributed by atoms with Gasteiger partial charge in [0.1, 0.15) is 11.3 Å². The van der Waals surface area contributed by atoms with Gasteiger partial charge in [-0.25, -0.2) is 0 Å². The van der Waals surface area contributed by atoms with Crippen molar-refractivity contribution in [3.63, 3.8) is 0 Å². The second-order valence-electron chi connectivity index (χ2n) is 5.56. The molecule has 0 aliphatic carbocycles. The van der Waals surface area contributed by atoms with Gasteiger partial charge >= 0.3 is 0 Å². The van der Waals surface area contributed by atoms with Crippen LogP contribution in [0.4, 0.5) is 11.4 Å². The largest absolute Gasteiger partial charge is 0.361 e. The van der Waals surface area contributed by atoms with E-state index in [9.17, 15) is 9.59 Å². The average Bonchev–Trinajstić information content (AvgIpc) is 3.09. The molecule has 0 saturated carbocycles. The SMILES string of the molecule is Cc1oncc1C(=O)Nc1ccc(NC(=O)/C=C/c2ccccc2)cc1. The number of hydrogen-bond donors (Lipinski definition) is 2. The molecule has 1 heterocycles. The van der Waals surface area contributed by atoms with E-state index in [1.54, 1.807) is 37.3 Å². The van der Waals surface area contributed by atoms with Gasteiger partial charge in [0.05, 0.1) is 6.20 Å². The van der Waals surface area contributed by atoms with E-state index in [1.165, 1.54) is 12.3 Å². The van der Waals surface area contributed by atoms with Crippen LogP contribution in [-0.2, 0) is 4.79 Å². The zero-order valence-corrected chi connectivity index (χ0v) is 14.1. The van der Waals surface area contributed by atoms with Gasteiger partial charge < -0.3 is 15.2 Å². The monoisotopic (exact) mass is 347 g/mol. The predicted octanol–water partition coefficient (Wildman–Crippen LogP) is 3.89. The molecule has 2 aromatic carbocycles. The highest BCUT2D eigenvalue weighted by atomic mass is 16.5. The standard InChI is InChI=1S/C20H17N3O3/c1-14-18(13-21-26-14)20(25)23-17-10-8-16(9-11-17)22-19(24)12-7-15-5-3-2-4-6-15/h2-13H,1H3,(H,22,24)(H,23,25)/b12-7+. The summed E-state index contributed by atoms with van der Waals surface area (Å²) in [6, 6.07) is 16.4. The minimum Gasteiger partial charge on any atom is -0.361 e. The van der Waals surface area contributed by atoms with Crippen molar-refractivity contribution in [1.82, 2.24) is 5.16 Å². The first kappa shape index (κ1) is 17.2. The maximum atomic E-state index is 12.1. The van der Waals surface area contributed by atoms with Crippen LogP contribution in [0.3, 0.4) is 0 Å². The maximum absolute atomic E-state index is 12.1. The summed E-state index contributed by atoms with van der Waals surface area (Å²) in [5.74, 6) is -0.0753. The van der Waals surface area contributed by atoms with E-state index in [-0.39, 0.29) is 11.8 Å². The lowest BCUT2D eigenvalue weighted by Crippen LogP contribution is -2.12. The first-order valence-corrected chi connectivity index (χ1v) is 7.98. The Labute approximate surface area is 150 Å². The van der Waals surface area contributed by atoms with Crippen LogP contribution in [-0.4, -0.2) is 17.0 Å². The summed E-state index contributed by atoms with van der Waals surface area (Å²) in [7, 11) is 0. The Bertz CT molecular complexity index is 928. The number of carbonyl (C=O) groups excluding carboxylic acids is 2. The smallest absolute Gasteiger partial charge is 0.260 e. The molecule has 3 rings (SSSR count). The number of aromatic nitrogens is 1. The fraction of sp³-hybridized carbons (Fsp3) is 0.0500. The van der Waals surface area contributed by atoms with Gasteiger partial charge in [0.25, 0.3) is 5.91 Å². The third kappa shape index (κ3) is 4.45. The quantitative estimate of drug-likeness (QED) is 0.686. The number of nitrogens with one attached hydrogen (secondary N) is 2. The lowest BCUT2D eigenvalue weighted by atomic mass is 10.2. The Morgan fingerprint density at radius 2 is 1.62 bits per heavy atom. The molecule has 0 aliphatic heterocycles. The molecule has 1 aromatic heterocycles. The van der Waals surface area contributed by atoms with Crippen molar-refractivity contribution < 1.29 is 14.1 Å². The van der Waals surface area contributed by atoms with Crippen molar-refractivity contribution in [2.45, 2.75) is 6.92 Å². The van der Waals surface area contributed by atoms with Crippen LogP contribution in [0.25, 0.3) is 6.08 Å². The van der Waals surface area contributed by atoms with Crippen molar-refractivity contribution in [1.29, 1.82) is 0 Å². The van der Waals surface area contributed by atoms with E-state index >= 15 is 0 Å². The van der Waals surface area contributed by atoms with E-state index < -0.39 is 0 Å². The van der Waals surface area contributed by atoms with Crippen molar-refractivity contribution >= 4 is 29.3 Å². The summed E-state index contributed by atoms with van der Waals surface area (Å²) in [6.45, 7) is 1.67. The summed E-state index contributed by atoms with van der Waals surface area (Å²) in [6.07, 6.45) is 4.59. The summed E-state index contributed by atoms with van der Waals surface area (Å²) < 4.78 is 4.88. The molecule has 0 aliphatic rings. The Kier molecular flexibility index (Phi) is 5.24. The second-order valence-corrected chi connectivity index (χ2v) is 5.56. The normalized spacial score (nSPS) is 10.7. The molecule has 0 fully saturated rings. The van der Waals surface area contributed by atoms with E-state index in [0.29, 0.717) is 22.7 Å². The summed E-state index contributed by atoms with van der Waals surface area (Å²) >= 11 is 0. The molecule has 0 saturated heterocycles. The van der Waals surface area contributed by atoms with Crippen LogP contribution < -0.4 is 10.6 Å². The van der Waals surface area contributed by atoms with Crippen molar-refractivity contribution in [3.8, 4) is 0 Å². The molecular formula is C20H17N3O3. The van der Waals surface area contributed by atoms with Gasteiger partial charge in [0.15, 0.2) is 0 Å². The maximum Gasteiger partial charge on any atom is 0.260 e. The van der Waals surface area contributed by atoms with Gasteiger partial charge in [-0.15, -0.1) is 0 Å². The molecule has 130 valence electrons. The lowest BCUT2D eigenvalue weighted by molar-refractivity contribution is -0.111. The first-order chi connectivity index (χ1) is 12.6. The number of hydrogen-bond acceptors (Lipinski definition) is 4. The molecule has 3 aromatic rings. The molecule has 0 unspecified atom stereocenters. The Morgan fingerprint density at radius 1 is 0.962 bits per heavy atom. The fourth-order valence-electron chi connectivity index (χ4n) is 2.27. The molecule has 0 bridgehead atoms. The average molecular weight is 347 g/mol. The van der Waals surface area contributed by atoms with Gasteiger partial charge in [-0.2, -0.15) is 0 Å². The highest BCUT2D eigenvalue weighted by Gasteiger charge is 2.12. The zero-order chi connectivity index (χ0) is 18.4. The van der Waals surface area contributed by atoms with Gasteiger partial charge in [-0.05, 0) is 42.8 Å². The molecule has 2 N–H and O–H groups in total. The molecule has 26 heavy (non-hydrogen) atoms. The zero-order valence-electron chi connectivity index (χ0n) is 14.1. The highest BCUT2D eigenvalue weighted by molar-refractivity contribution is 6.05. The van der Waals surface area contributed by atoms with Gasteiger partial charge in [-0.1, -0.05) is 35.5 Å². The fourth-order valence-corrected chi connectivity index (χ4v) is 2.27. The minimum atomic E-state index is -0.300. The third-order valence-electron chi connectivity index (χ3n) is 3.63. The Morgan fingerprint density at radius 3 is 2.23 bits per heavy atom. The number of carbonyl (C=O) groups is 2. The number of benzene rings is 2. The molecule has 0 atom stereocenters. The van der Waals surface area contributed by atoms with E-state index in [2.05, 4.69) is 15.8 Å². The second kappa shape index (κ2) is 7.94. The number of aryl methyl sites for hydroxylation is 1. The van der Waals surface area contributed by atoms with Crippen molar-refractivity contribution in [3.05, 3.63) is 83.8 Å². The van der Waals surface area contributed by atoms with Crippen LogP contribution in [0.1, 0.15) is 21.7 Å². The molecule has 2 amide bonds. The topological polar surface area (TPSA) is 84.2 Å². The molecule has 0 spiro atoms. The minimum absolute atomic E-state index is 0.231. The van der Waals surface area contributed by atoms with E-state index in [0.717, 1.165) is 5.56 Å². The number of rotatable bonds is 5. The molecular weight excluding hydrogens is 330 g/mol. The lowest BCUT2D eigenvalue weighted by Gasteiger charge is -2.06. The predicted molar refractivity (Wildman–Crippen MR) is 99.7 cm³/mol. The van der Waals surface area contributed by atoms with Crippen LogP contribution in [0, 0.1) is 6.92 Å². The number of amides is 2. The van der Waals surface area contributed by atoms with Gasteiger partial charge in [-0.3, -0.25) is 9.59 Å². The summed E-state index contributed by atoms with van der Waals surface area (Å²) in [5.41, 5.74) is 2.57. The molecule has 6 nitrogen and oxygen atoms in total. The third-order valence-corrected chi connectivity index (χ3v) is 3.63. The summed E-state index contributed by atoms with van der Waals surface area (Å²) in [4.78, 5) is 24.0. The van der Waals surface area contributed by atoms with Crippen LogP contribution in [0.15, 0.2) is 71.4 Å². The highest BCUT2D eigenvalue weighted by Crippen LogP contribution is 2.16. The van der Waals surface area contributed by atoms with Crippen LogP contribution >= 0.6 is 0 Å². The van der Waals surface area contributed by atoms with E-state index in [1.807, 2.05) is 30.3 Å².